The van der Waals surface area contributed by atoms with E-state index in [9.17, 15) is 18.4 Å². The Morgan fingerprint density at radius 1 is 0.793 bits per heavy atom. The van der Waals surface area contributed by atoms with Crippen molar-refractivity contribution in [1.29, 1.82) is 0 Å². The third-order valence-corrected chi connectivity index (χ3v) is 4.89. The summed E-state index contributed by atoms with van der Waals surface area (Å²) in [4.78, 5) is 27.1. The fraction of sp³-hybridized carbons (Fsp3) is 0. The van der Waals surface area contributed by atoms with E-state index in [0.29, 0.717) is 11.3 Å². The summed E-state index contributed by atoms with van der Waals surface area (Å²) in [7, 11) is 0. The third-order valence-electron chi connectivity index (χ3n) is 4.40. The van der Waals surface area contributed by atoms with E-state index in [1.54, 1.807) is 48.5 Å². The van der Waals surface area contributed by atoms with Crippen molar-refractivity contribution < 1.29 is 18.4 Å². The van der Waals surface area contributed by atoms with Gasteiger partial charge in [-0.05, 0) is 35.9 Å². The van der Waals surface area contributed by atoms with Gasteiger partial charge in [0.15, 0.2) is 11.6 Å². The fourth-order valence-electron chi connectivity index (χ4n) is 3.09. The van der Waals surface area contributed by atoms with E-state index >= 15 is 0 Å². The summed E-state index contributed by atoms with van der Waals surface area (Å²) in [6.45, 7) is 0. The van der Waals surface area contributed by atoms with Gasteiger partial charge in [-0.15, -0.1) is 0 Å². The molecule has 2 amide bonds. The quantitative estimate of drug-likeness (QED) is 0.556. The number of carbonyl (C=O) groups excluding carboxylic acids is 2. The van der Waals surface area contributed by atoms with Gasteiger partial charge >= 0.3 is 0 Å². The number of nitrogens with zero attached hydrogens (tertiary/aromatic N) is 1. The minimum atomic E-state index is -1.14. The van der Waals surface area contributed by atoms with Crippen molar-refractivity contribution in [3.05, 3.63) is 100 Å². The molecule has 3 aromatic rings. The van der Waals surface area contributed by atoms with Gasteiger partial charge in [-0.1, -0.05) is 52.3 Å². The summed E-state index contributed by atoms with van der Waals surface area (Å²) < 4.78 is 27.9. The standard InChI is InChI=1S/C22H13BrF2N2O2/c23-14-7-4-8-15(11-14)26-20-19(13-5-2-1-3-6-13)21(28)27(22(20)29)16-9-10-17(24)18(25)12-16/h1-12,26H. The Bertz CT molecular complexity index is 1160. The van der Waals surface area contributed by atoms with Crippen LogP contribution in [0.15, 0.2) is 83.0 Å². The maximum absolute atomic E-state index is 13.7. The minimum Gasteiger partial charge on any atom is -0.350 e. The molecule has 1 aliphatic heterocycles. The first-order chi connectivity index (χ1) is 14.0. The van der Waals surface area contributed by atoms with E-state index in [4.69, 9.17) is 0 Å². The van der Waals surface area contributed by atoms with E-state index in [2.05, 4.69) is 21.2 Å². The Balaban J connectivity index is 1.82. The lowest BCUT2D eigenvalue weighted by molar-refractivity contribution is -0.120. The van der Waals surface area contributed by atoms with Gasteiger partial charge in [-0.3, -0.25) is 9.59 Å². The number of amides is 2. The topological polar surface area (TPSA) is 49.4 Å². The number of hydrogen-bond acceptors (Lipinski definition) is 3. The van der Waals surface area contributed by atoms with E-state index < -0.39 is 23.4 Å². The Kier molecular flexibility index (Phi) is 4.98. The molecule has 4 rings (SSSR count). The lowest BCUT2D eigenvalue weighted by Gasteiger charge is -2.15. The Morgan fingerprint density at radius 3 is 2.24 bits per heavy atom. The first-order valence-corrected chi connectivity index (χ1v) is 9.41. The number of carbonyl (C=O) groups is 2. The Morgan fingerprint density at radius 2 is 1.55 bits per heavy atom. The van der Waals surface area contributed by atoms with Crippen LogP contribution < -0.4 is 10.2 Å². The van der Waals surface area contributed by atoms with E-state index in [-0.39, 0.29) is 17.0 Å². The van der Waals surface area contributed by atoms with Gasteiger partial charge < -0.3 is 5.32 Å². The van der Waals surface area contributed by atoms with Gasteiger partial charge in [-0.2, -0.15) is 0 Å². The summed E-state index contributed by atoms with van der Waals surface area (Å²) in [5.41, 5.74) is 1.30. The highest BCUT2D eigenvalue weighted by molar-refractivity contribution is 9.10. The summed E-state index contributed by atoms with van der Waals surface area (Å²) in [5.74, 6) is -3.47. The molecule has 0 saturated carbocycles. The fourth-order valence-corrected chi connectivity index (χ4v) is 3.49. The number of hydrogen-bond donors (Lipinski definition) is 1. The van der Waals surface area contributed by atoms with Crippen LogP contribution in [0.1, 0.15) is 5.56 Å². The number of anilines is 2. The van der Waals surface area contributed by atoms with Gasteiger partial charge in [0.25, 0.3) is 11.8 Å². The molecule has 1 heterocycles. The first-order valence-electron chi connectivity index (χ1n) is 8.62. The van der Waals surface area contributed by atoms with Crippen LogP contribution >= 0.6 is 15.9 Å². The van der Waals surface area contributed by atoms with Crippen molar-refractivity contribution in [2.45, 2.75) is 0 Å². The molecule has 0 radical (unpaired) electrons. The smallest absolute Gasteiger partial charge is 0.282 e. The van der Waals surface area contributed by atoms with Crippen LogP contribution in [0.4, 0.5) is 20.2 Å². The van der Waals surface area contributed by atoms with Crippen molar-refractivity contribution in [2.24, 2.45) is 0 Å². The van der Waals surface area contributed by atoms with Crippen LogP contribution in [0.5, 0.6) is 0 Å². The average Bonchev–Trinajstić information content (AvgIpc) is 2.95. The molecule has 0 aromatic heterocycles. The first kappa shape index (κ1) is 19.0. The predicted molar refractivity (Wildman–Crippen MR) is 110 cm³/mol. The van der Waals surface area contributed by atoms with Crippen LogP contribution in [0.2, 0.25) is 0 Å². The number of imide groups is 1. The van der Waals surface area contributed by atoms with E-state index in [1.165, 1.54) is 6.07 Å². The largest absolute Gasteiger partial charge is 0.350 e. The highest BCUT2D eigenvalue weighted by Crippen LogP contribution is 2.34. The number of halogens is 3. The molecule has 7 heteroatoms. The lowest BCUT2D eigenvalue weighted by atomic mass is 10.0. The third kappa shape index (κ3) is 3.56. The molecule has 0 atom stereocenters. The molecule has 1 N–H and O–H groups in total. The van der Waals surface area contributed by atoms with Gasteiger partial charge in [-0.25, -0.2) is 13.7 Å². The van der Waals surface area contributed by atoms with Crippen molar-refractivity contribution in [3.8, 4) is 0 Å². The van der Waals surface area contributed by atoms with Crippen molar-refractivity contribution in [2.75, 3.05) is 10.2 Å². The van der Waals surface area contributed by atoms with E-state index in [1.807, 2.05) is 6.07 Å². The average molecular weight is 455 g/mol. The molecule has 4 nitrogen and oxygen atoms in total. The van der Waals surface area contributed by atoms with Gasteiger partial charge in [0, 0.05) is 16.2 Å². The van der Waals surface area contributed by atoms with Crippen LogP contribution in [0.3, 0.4) is 0 Å². The second-order valence-electron chi connectivity index (χ2n) is 6.30. The Hall–Kier alpha value is -3.32. The normalized spacial score (nSPS) is 14.0. The summed E-state index contributed by atoms with van der Waals surface area (Å²) in [6.07, 6.45) is 0. The van der Waals surface area contributed by atoms with Crippen LogP contribution in [0, 0.1) is 11.6 Å². The van der Waals surface area contributed by atoms with E-state index in [0.717, 1.165) is 21.5 Å². The molecule has 3 aromatic carbocycles. The molecule has 0 aliphatic carbocycles. The van der Waals surface area contributed by atoms with Crippen LogP contribution in [-0.4, -0.2) is 11.8 Å². The molecule has 144 valence electrons. The SMILES string of the molecule is O=C1C(Nc2cccc(Br)c2)=C(c2ccccc2)C(=O)N1c1ccc(F)c(F)c1. The summed E-state index contributed by atoms with van der Waals surface area (Å²) >= 11 is 3.37. The Labute approximate surface area is 173 Å². The lowest BCUT2D eigenvalue weighted by Crippen LogP contribution is -2.32. The number of benzene rings is 3. The monoisotopic (exact) mass is 454 g/mol. The maximum atomic E-state index is 13.7. The molecular weight excluding hydrogens is 442 g/mol. The van der Waals surface area contributed by atoms with Crippen molar-refractivity contribution in [3.63, 3.8) is 0 Å². The van der Waals surface area contributed by atoms with Crippen molar-refractivity contribution >= 4 is 44.7 Å². The second kappa shape index (κ2) is 7.60. The molecule has 0 bridgehead atoms. The predicted octanol–water partition coefficient (Wildman–Crippen LogP) is 5.12. The highest BCUT2D eigenvalue weighted by Gasteiger charge is 2.40. The molecule has 29 heavy (non-hydrogen) atoms. The zero-order valence-electron chi connectivity index (χ0n) is 14.8. The second-order valence-corrected chi connectivity index (χ2v) is 7.21. The molecule has 0 spiro atoms. The zero-order valence-corrected chi connectivity index (χ0v) is 16.4. The zero-order chi connectivity index (χ0) is 20.5. The van der Waals surface area contributed by atoms with Gasteiger partial charge in [0.05, 0.1) is 11.3 Å². The highest BCUT2D eigenvalue weighted by atomic mass is 79.9. The van der Waals surface area contributed by atoms with Gasteiger partial charge in [0.1, 0.15) is 5.70 Å². The number of nitrogens with one attached hydrogen (secondary N) is 1. The van der Waals surface area contributed by atoms with Crippen LogP contribution in [-0.2, 0) is 9.59 Å². The molecule has 1 aliphatic rings. The maximum Gasteiger partial charge on any atom is 0.282 e. The summed E-state index contributed by atoms with van der Waals surface area (Å²) in [5, 5.41) is 3.01. The minimum absolute atomic E-state index is 0.0432. The molecule has 0 unspecified atom stereocenters. The van der Waals surface area contributed by atoms with Crippen molar-refractivity contribution in [1.82, 2.24) is 0 Å². The molecule has 0 fully saturated rings. The molecule has 0 saturated heterocycles. The van der Waals surface area contributed by atoms with Crippen LogP contribution in [0.25, 0.3) is 5.57 Å². The summed E-state index contributed by atoms with van der Waals surface area (Å²) in [6, 6.07) is 18.7. The number of rotatable bonds is 4. The van der Waals surface area contributed by atoms with Gasteiger partial charge in [0.2, 0.25) is 0 Å². The molecular formula is C22H13BrF2N2O2.